The van der Waals surface area contributed by atoms with Gasteiger partial charge >= 0.3 is 0 Å². The fourth-order valence-corrected chi connectivity index (χ4v) is 4.12. The lowest BCUT2D eigenvalue weighted by molar-refractivity contribution is 0.120. The molecule has 0 N–H and O–H groups in total. The van der Waals surface area contributed by atoms with Gasteiger partial charge in [-0.1, -0.05) is 23.2 Å². The van der Waals surface area contributed by atoms with Gasteiger partial charge in [0.15, 0.2) is 0 Å². The van der Waals surface area contributed by atoms with Crippen LogP contribution in [0.4, 0.5) is 0 Å². The second-order valence-corrected chi connectivity index (χ2v) is 8.00. The molecule has 27 heavy (non-hydrogen) atoms. The van der Waals surface area contributed by atoms with Crippen molar-refractivity contribution >= 4 is 34.1 Å². The number of aryl methyl sites for hydroxylation is 2. The van der Waals surface area contributed by atoms with E-state index in [1.165, 1.54) is 6.42 Å². The minimum absolute atomic E-state index is 0.265. The molecule has 1 aromatic heterocycles. The van der Waals surface area contributed by atoms with Crippen molar-refractivity contribution in [2.24, 2.45) is 7.05 Å². The molecule has 2 aromatic carbocycles. The smallest absolute Gasteiger partial charge is 0.138 e. The van der Waals surface area contributed by atoms with Crippen molar-refractivity contribution < 1.29 is 4.74 Å². The molecular weight excluding hydrogens is 379 g/mol. The average Bonchev–Trinajstić information content (AvgIpc) is 2.93. The topological polar surface area (TPSA) is 37.9 Å². The van der Waals surface area contributed by atoms with Crippen molar-refractivity contribution in [3.63, 3.8) is 0 Å². The standard InChI is InChI=1S/C22H20Cl2N2O/c1-13-8-14(12-25)9-20-17(13)10-15(26(20)2)11-18-19(23)6-7-21(22(18)24)27-16-4-3-5-16/h6-10,16H,3-5,11H2,1-2H3. The first-order valence-corrected chi connectivity index (χ1v) is 9.86. The van der Waals surface area contributed by atoms with Gasteiger partial charge in [-0.05, 0) is 67.6 Å². The Hall–Kier alpha value is -2.15. The van der Waals surface area contributed by atoms with E-state index in [4.69, 9.17) is 27.9 Å². The van der Waals surface area contributed by atoms with Gasteiger partial charge in [0.1, 0.15) is 5.75 Å². The molecular formula is C22H20Cl2N2O. The average molecular weight is 399 g/mol. The lowest BCUT2D eigenvalue weighted by atomic mass is 9.96. The predicted molar refractivity (Wildman–Crippen MR) is 110 cm³/mol. The maximum Gasteiger partial charge on any atom is 0.138 e. The number of rotatable bonds is 4. The van der Waals surface area contributed by atoms with E-state index >= 15 is 0 Å². The van der Waals surface area contributed by atoms with Crippen LogP contribution in [0.3, 0.4) is 0 Å². The second-order valence-electron chi connectivity index (χ2n) is 7.22. The molecule has 1 fully saturated rings. The monoisotopic (exact) mass is 398 g/mol. The molecule has 138 valence electrons. The quantitative estimate of drug-likeness (QED) is 0.525. The minimum atomic E-state index is 0.265. The van der Waals surface area contributed by atoms with E-state index in [1.807, 2.05) is 38.2 Å². The van der Waals surface area contributed by atoms with Crippen LogP contribution in [0.25, 0.3) is 10.9 Å². The van der Waals surface area contributed by atoms with Gasteiger partial charge < -0.3 is 9.30 Å². The van der Waals surface area contributed by atoms with E-state index in [9.17, 15) is 5.26 Å². The van der Waals surface area contributed by atoms with Gasteiger partial charge in [0.05, 0.1) is 22.8 Å². The number of hydrogen-bond donors (Lipinski definition) is 0. The number of nitrogens with zero attached hydrogens (tertiary/aromatic N) is 2. The molecule has 0 spiro atoms. The van der Waals surface area contributed by atoms with Gasteiger partial charge in [0, 0.05) is 35.1 Å². The van der Waals surface area contributed by atoms with Crippen molar-refractivity contribution in [2.75, 3.05) is 0 Å². The molecule has 0 saturated heterocycles. The Morgan fingerprint density at radius 3 is 2.67 bits per heavy atom. The van der Waals surface area contributed by atoms with Crippen LogP contribution in [0.15, 0.2) is 30.3 Å². The Bertz CT molecular complexity index is 1070. The third-order valence-electron chi connectivity index (χ3n) is 5.45. The van der Waals surface area contributed by atoms with Crippen LogP contribution in [-0.2, 0) is 13.5 Å². The molecule has 5 heteroatoms. The molecule has 0 radical (unpaired) electrons. The third-order valence-corrected chi connectivity index (χ3v) is 6.22. The fraction of sp³-hybridized carbons (Fsp3) is 0.318. The highest BCUT2D eigenvalue weighted by Gasteiger charge is 2.22. The highest BCUT2D eigenvalue weighted by Crippen LogP contribution is 2.38. The molecule has 1 heterocycles. The summed E-state index contributed by atoms with van der Waals surface area (Å²) >= 11 is 13.1. The summed E-state index contributed by atoms with van der Waals surface area (Å²) in [7, 11) is 2.01. The zero-order valence-electron chi connectivity index (χ0n) is 15.4. The van der Waals surface area contributed by atoms with Crippen LogP contribution in [0.2, 0.25) is 10.0 Å². The van der Waals surface area contributed by atoms with Crippen molar-refractivity contribution in [1.82, 2.24) is 4.57 Å². The van der Waals surface area contributed by atoms with Gasteiger partial charge in [-0.3, -0.25) is 0 Å². The summed E-state index contributed by atoms with van der Waals surface area (Å²) in [5.41, 5.74) is 4.76. The highest BCUT2D eigenvalue weighted by atomic mass is 35.5. The van der Waals surface area contributed by atoms with E-state index in [-0.39, 0.29) is 6.10 Å². The van der Waals surface area contributed by atoms with Crippen molar-refractivity contribution in [3.8, 4) is 11.8 Å². The van der Waals surface area contributed by atoms with Crippen molar-refractivity contribution in [2.45, 2.75) is 38.7 Å². The van der Waals surface area contributed by atoms with E-state index in [0.717, 1.165) is 40.6 Å². The zero-order valence-corrected chi connectivity index (χ0v) is 16.9. The Balaban J connectivity index is 1.73. The number of aromatic nitrogens is 1. The van der Waals surface area contributed by atoms with E-state index in [1.54, 1.807) is 0 Å². The summed E-state index contributed by atoms with van der Waals surface area (Å²) in [6.45, 7) is 2.03. The maximum atomic E-state index is 9.25. The molecule has 3 aromatic rings. The lowest BCUT2D eigenvalue weighted by Crippen LogP contribution is -2.24. The molecule has 3 nitrogen and oxygen atoms in total. The first kappa shape index (κ1) is 18.2. The minimum Gasteiger partial charge on any atom is -0.489 e. The van der Waals surface area contributed by atoms with Crippen molar-refractivity contribution in [3.05, 3.63) is 62.8 Å². The summed E-state index contributed by atoms with van der Waals surface area (Å²) in [5.74, 6) is 0.711. The predicted octanol–water partition coefficient (Wildman–Crippen LogP) is 6.19. The molecule has 0 atom stereocenters. The normalized spacial score (nSPS) is 14.2. The van der Waals surface area contributed by atoms with Crippen LogP contribution in [0.1, 0.15) is 41.6 Å². The third kappa shape index (κ3) is 3.29. The Morgan fingerprint density at radius 2 is 2.00 bits per heavy atom. The van der Waals surface area contributed by atoms with Crippen LogP contribution in [0, 0.1) is 18.3 Å². The summed E-state index contributed by atoms with van der Waals surface area (Å²) in [6, 6.07) is 11.9. The summed E-state index contributed by atoms with van der Waals surface area (Å²) < 4.78 is 8.13. The number of halogens is 2. The van der Waals surface area contributed by atoms with Crippen LogP contribution in [-0.4, -0.2) is 10.7 Å². The first-order valence-electron chi connectivity index (χ1n) is 9.10. The summed E-state index contributed by atoms with van der Waals surface area (Å²) in [6.07, 6.45) is 4.24. The molecule has 1 saturated carbocycles. The first-order chi connectivity index (χ1) is 13.0. The molecule has 1 aliphatic carbocycles. The number of benzene rings is 2. The second kappa shape index (κ2) is 7.11. The number of nitriles is 1. The van der Waals surface area contributed by atoms with Gasteiger partial charge in [-0.15, -0.1) is 0 Å². The zero-order chi connectivity index (χ0) is 19.1. The molecule has 4 rings (SSSR count). The molecule has 1 aliphatic rings. The largest absolute Gasteiger partial charge is 0.489 e. The number of hydrogen-bond acceptors (Lipinski definition) is 2. The lowest BCUT2D eigenvalue weighted by Gasteiger charge is -2.27. The molecule has 0 unspecified atom stereocenters. The van der Waals surface area contributed by atoms with E-state index < -0.39 is 0 Å². The Labute approximate surface area is 169 Å². The SMILES string of the molecule is Cc1cc(C#N)cc2c1cc(Cc1c(Cl)ccc(OC3CCC3)c1Cl)n2C. The maximum absolute atomic E-state index is 9.25. The molecule has 0 bridgehead atoms. The summed E-state index contributed by atoms with van der Waals surface area (Å²) in [5, 5.41) is 11.6. The highest BCUT2D eigenvalue weighted by molar-refractivity contribution is 6.37. The number of fused-ring (bicyclic) bond motifs is 1. The van der Waals surface area contributed by atoms with Gasteiger partial charge in [-0.2, -0.15) is 5.26 Å². The van der Waals surface area contributed by atoms with Crippen LogP contribution >= 0.6 is 23.2 Å². The van der Waals surface area contributed by atoms with Gasteiger partial charge in [0.2, 0.25) is 0 Å². The fourth-order valence-electron chi connectivity index (χ4n) is 3.58. The van der Waals surface area contributed by atoms with Gasteiger partial charge in [0.25, 0.3) is 0 Å². The summed E-state index contributed by atoms with van der Waals surface area (Å²) in [4.78, 5) is 0. The Kier molecular flexibility index (Phi) is 4.80. The van der Waals surface area contributed by atoms with Crippen LogP contribution in [0.5, 0.6) is 5.75 Å². The number of ether oxygens (including phenoxy) is 1. The van der Waals surface area contributed by atoms with E-state index in [0.29, 0.717) is 27.8 Å². The van der Waals surface area contributed by atoms with Crippen LogP contribution < -0.4 is 4.74 Å². The molecule has 0 aliphatic heterocycles. The Morgan fingerprint density at radius 1 is 1.22 bits per heavy atom. The van der Waals surface area contributed by atoms with Crippen molar-refractivity contribution in [1.29, 1.82) is 5.26 Å². The molecule has 0 amide bonds. The van der Waals surface area contributed by atoms with Gasteiger partial charge in [-0.25, -0.2) is 0 Å². The van der Waals surface area contributed by atoms with E-state index in [2.05, 4.69) is 16.7 Å².